The first-order chi connectivity index (χ1) is 8.06. The summed E-state index contributed by atoms with van der Waals surface area (Å²) in [6.45, 7) is 0. The van der Waals surface area contributed by atoms with Gasteiger partial charge in [0.2, 0.25) is 0 Å². The Morgan fingerprint density at radius 3 is 2.76 bits per heavy atom. The van der Waals surface area contributed by atoms with Crippen LogP contribution in [-0.2, 0) is 0 Å². The van der Waals surface area contributed by atoms with Gasteiger partial charge >= 0.3 is 5.69 Å². The third kappa shape index (κ3) is 1.78. The zero-order chi connectivity index (χ0) is 12.6. The summed E-state index contributed by atoms with van der Waals surface area (Å²) >= 11 is 3.27. The summed E-state index contributed by atoms with van der Waals surface area (Å²) in [5.41, 5.74) is -0.624. The third-order valence-corrected chi connectivity index (χ3v) is 3.14. The SMILES string of the molecule is COc1ccc2c(=O)c([N+](=O)[O-])c[nH]c2c1Br. The van der Waals surface area contributed by atoms with E-state index in [2.05, 4.69) is 20.9 Å². The van der Waals surface area contributed by atoms with E-state index in [4.69, 9.17) is 4.74 Å². The van der Waals surface area contributed by atoms with Crippen LogP contribution in [0.15, 0.2) is 27.6 Å². The number of aromatic nitrogens is 1. The van der Waals surface area contributed by atoms with Crippen LogP contribution >= 0.6 is 15.9 Å². The van der Waals surface area contributed by atoms with E-state index < -0.39 is 16.0 Å². The van der Waals surface area contributed by atoms with Crippen LogP contribution in [0.5, 0.6) is 5.75 Å². The molecule has 2 aromatic rings. The number of nitro groups is 1. The van der Waals surface area contributed by atoms with Crippen molar-refractivity contribution in [3.8, 4) is 5.75 Å². The first kappa shape index (κ1) is 11.6. The van der Waals surface area contributed by atoms with E-state index in [-0.39, 0.29) is 5.39 Å². The molecular formula is C10H7BrN2O4. The van der Waals surface area contributed by atoms with Crippen molar-refractivity contribution in [1.29, 1.82) is 0 Å². The van der Waals surface area contributed by atoms with Crippen molar-refractivity contribution in [1.82, 2.24) is 4.98 Å². The van der Waals surface area contributed by atoms with Crippen molar-refractivity contribution in [2.45, 2.75) is 0 Å². The second-order valence-electron chi connectivity index (χ2n) is 3.26. The summed E-state index contributed by atoms with van der Waals surface area (Å²) in [7, 11) is 1.50. The maximum atomic E-state index is 11.8. The lowest BCUT2D eigenvalue weighted by Crippen LogP contribution is -2.09. The highest BCUT2D eigenvalue weighted by Gasteiger charge is 2.17. The van der Waals surface area contributed by atoms with Crippen molar-refractivity contribution in [3.63, 3.8) is 0 Å². The maximum Gasteiger partial charge on any atom is 0.332 e. The number of methoxy groups -OCH3 is 1. The number of benzene rings is 1. The molecule has 6 nitrogen and oxygen atoms in total. The number of halogens is 1. The predicted molar refractivity (Wildman–Crippen MR) is 65.5 cm³/mol. The zero-order valence-electron chi connectivity index (χ0n) is 8.69. The molecule has 2 rings (SSSR count). The summed E-state index contributed by atoms with van der Waals surface area (Å²) in [6, 6.07) is 3.07. The van der Waals surface area contributed by atoms with Crippen LogP contribution < -0.4 is 10.2 Å². The summed E-state index contributed by atoms with van der Waals surface area (Å²) in [5, 5.41) is 10.9. The second kappa shape index (κ2) is 4.17. The van der Waals surface area contributed by atoms with Crippen LogP contribution in [0.1, 0.15) is 0 Å². The second-order valence-corrected chi connectivity index (χ2v) is 4.06. The van der Waals surface area contributed by atoms with Gasteiger partial charge in [0.25, 0.3) is 5.43 Å². The molecule has 1 N–H and O–H groups in total. The van der Waals surface area contributed by atoms with Gasteiger partial charge in [-0.3, -0.25) is 14.9 Å². The van der Waals surface area contributed by atoms with Crippen LogP contribution in [0.25, 0.3) is 10.9 Å². The number of fused-ring (bicyclic) bond motifs is 1. The monoisotopic (exact) mass is 298 g/mol. The molecule has 17 heavy (non-hydrogen) atoms. The van der Waals surface area contributed by atoms with E-state index in [0.717, 1.165) is 6.20 Å². The molecule has 1 heterocycles. The van der Waals surface area contributed by atoms with Crippen LogP contribution in [-0.4, -0.2) is 17.0 Å². The maximum absolute atomic E-state index is 11.8. The Balaban J connectivity index is 2.86. The van der Waals surface area contributed by atoms with Gasteiger partial charge in [-0.15, -0.1) is 0 Å². The molecule has 0 aliphatic heterocycles. The van der Waals surface area contributed by atoms with Gasteiger partial charge in [-0.2, -0.15) is 0 Å². The van der Waals surface area contributed by atoms with Crippen LogP contribution in [0.4, 0.5) is 5.69 Å². The van der Waals surface area contributed by atoms with Crippen molar-refractivity contribution < 1.29 is 9.66 Å². The largest absolute Gasteiger partial charge is 0.495 e. The molecule has 0 bridgehead atoms. The summed E-state index contributed by atoms with van der Waals surface area (Å²) in [6.07, 6.45) is 1.08. The Hall–Kier alpha value is -1.89. The van der Waals surface area contributed by atoms with Gasteiger partial charge in [-0.1, -0.05) is 0 Å². The molecule has 1 aromatic carbocycles. The normalized spacial score (nSPS) is 10.5. The number of aromatic amines is 1. The molecule has 0 fully saturated rings. The first-order valence-electron chi connectivity index (χ1n) is 4.58. The Morgan fingerprint density at radius 1 is 1.47 bits per heavy atom. The minimum atomic E-state index is -0.712. The number of hydrogen-bond acceptors (Lipinski definition) is 4. The number of nitrogens with one attached hydrogen (secondary N) is 1. The van der Waals surface area contributed by atoms with Gasteiger partial charge in [-0.05, 0) is 28.1 Å². The van der Waals surface area contributed by atoms with Crippen molar-refractivity contribution in [2.24, 2.45) is 0 Å². The summed E-state index contributed by atoms with van der Waals surface area (Å²) < 4.78 is 5.63. The quantitative estimate of drug-likeness (QED) is 0.680. The number of H-pyrrole nitrogens is 1. The molecule has 0 aliphatic rings. The number of nitrogens with zero attached hydrogens (tertiary/aromatic N) is 1. The first-order valence-corrected chi connectivity index (χ1v) is 5.38. The number of rotatable bonds is 2. The highest BCUT2D eigenvalue weighted by molar-refractivity contribution is 9.10. The standard InChI is InChI=1S/C10H7BrN2O4/c1-17-7-3-2-5-9(8(7)11)12-4-6(10(5)14)13(15)16/h2-4H,1H3,(H,12,14). The van der Waals surface area contributed by atoms with Crippen LogP contribution in [0.2, 0.25) is 0 Å². The molecule has 1 aromatic heterocycles. The minimum absolute atomic E-state index is 0.242. The summed E-state index contributed by atoms with van der Waals surface area (Å²) in [4.78, 5) is 24.4. The third-order valence-electron chi connectivity index (χ3n) is 2.35. The lowest BCUT2D eigenvalue weighted by Gasteiger charge is -2.05. The van der Waals surface area contributed by atoms with Crippen molar-refractivity contribution in [3.05, 3.63) is 43.1 Å². The molecule has 0 saturated heterocycles. The van der Waals surface area contributed by atoms with E-state index in [1.807, 2.05) is 0 Å². The smallest absolute Gasteiger partial charge is 0.332 e. The molecule has 0 radical (unpaired) electrons. The average molecular weight is 299 g/mol. The van der Waals surface area contributed by atoms with Gasteiger partial charge in [0.15, 0.2) is 0 Å². The highest BCUT2D eigenvalue weighted by atomic mass is 79.9. The number of pyridine rings is 1. The Bertz CT molecular complexity index is 665. The van der Waals surface area contributed by atoms with Crippen LogP contribution in [0.3, 0.4) is 0 Å². The average Bonchev–Trinajstić information content (AvgIpc) is 2.30. The Kier molecular flexibility index (Phi) is 2.84. The van der Waals surface area contributed by atoms with E-state index >= 15 is 0 Å². The van der Waals surface area contributed by atoms with Crippen LogP contribution in [0, 0.1) is 10.1 Å². The van der Waals surface area contributed by atoms with Crippen molar-refractivity contribution in [2.75, 3.05) is 7.11 Å². The molecule has 88 valence electrons. The molecule has 7 heteroatoms. The fourth-order valence-corrected chi connectivity index (χ4v) is 2.15. The molecule has 0 unspecified atom stereocenters. The number of hydrogen-bond donors (Lipinski definition) is 1. The number of ether oxygens (including phenoxy) is 1. The topological polar surface area (TPSA) is 85.2 Å². The molecule has 0 saturated carbocycles. The fraction of sp³-hybridized carbons (Fsp3) is 0.100. The van der Waals surface area contributed by atoms with E-state index in [0.29, 0.717) is 15.7 Å². The molecular weight excluding hydrogens is 292 g/mol. The Labute approximate surface area is 103 Å². The lowest BCUT2D eigenvalue weighted by atomic mass is 10.2. The Morgan fingerprint density at radius 2 is 2.18 bits per heavy atom. The van der Waals surface area contributed by atoms with Crippen molar-refractivity contribution >= 4 is 32.5 Å². The molecule has 0 spiro atoms. The minimum Gasteiger partial charge on any atom is -0.495 e. The van der Waals surface area contributed by atoms with Gasteiger partial charge < -0.3 is 9.72 Å². The van der Waals surface area contributed by atoms with Gasteiger partial charge in [0.05, 0.1) is 33.6 Å². The van der Waals surface area contributed by atoms with E-state index in [9.17, 15) is 14.9 Å². The lowest BCUT2D eigenvalue weighted by molar-refractivity contribution is -0.386. The summed E-state index contributed by atoms with van der Waals surface area (Å²) in [5.74, 6) is 0.544. The molecule has 0 aliphatic carbocycles. The van der Waals surface area contributed by atoms with Gasteiger partial charge in [0, 0.05) is 0 Å². The highest BCUT2D eigenvalue weighted by Crippen LogP contribution is 2.30. The van der Waals surface area contributed by atoms with E-state index in [1.165, 1.54) is 13.2 Å². The fourth-order valence-electron chi connectivity index (χ4n) is 1.52. The van der Waals surface area contributed by atoms with Gasteiger partial charge in [0.1, 0.15) is 5.75 Å². The predicted octanol–water partition coefficient (Wildman–Crippen LogP) is 2.21. The van der Waals surface area contributed by atoms with E-state index in [1.54, 1.807) is 6.07 Å². The molecule has 0 amide bonds. The van der Waals surface area contributed by atoms with Gasteiger partial charge in [-0.25, -0.2) is 0 Å². The molecule has 0 atom stereocenters. The zero-order valence-corrected chi connectivity index (χ0v) is 10.3.